The molecule has 0 spiro atoms. The minimum atomic E-state index is 0.371. The minimum absolute atomic E-state index is 0.371. The summed E-state index contributed by atoms with van der Waals surface area (Å²) in [7, 11) is 0. The van der Waals surface area contributed by atoms with Gasteiger partial charge in [0, 0.05) is 18.3 Å². The molecule has 0 bridgehead atoms. The molecule has 0 aliphatic rings. The first-order chi connectivity index (χ1) is 9.20. The summed E-state index contributed by atoms with van der Waals surface area (Å²) >= 11 is 4.90. The van der Waals surface area contributed by atoms with Crippen LogP contribution in [0.2, 0.25) is 0 Å². The van der Waals surface area contributed by atoms with E-state index in [2.05, 4.69) is 41.5 Å². The van der Waals surface area contributed by atoms with Gasteiger partial charge in [-0.3, -0.25) is 0 Å². The zero-order valence-electron chi connectivity index (χ0n) is 10.9. The van der Waals surface area contributed by atoms with Crippen molar-refractivity contribution in [2.45, 2.75) is 19.9 Å². The predicted octanol–water partition coefficient (Wildman–Crippen LogP) is 2.89. The van der Waals surface area contributed by atoms with Crippen LogP contribution in [0.25, 0.3) is 0 Å². The molecular formula is C15H17N3S. The van der Waals surface area contributed by atoms with Gasteiger partial charge in [-0.15, -0.1) is 0 Å². The molecule has 1 aromatic heterocycles. The number of benzene rings is 1. The average molecular weight is 271 g/mol. The summed E-state index contributed by atoms with van der Waals surface area (Å²) < 4.78 is 0. The lowest BCUT2D eigenvalue weighted by atomic mass is 10.1. The van der Waals surface area contributed by atoms with Gasteiger partial charge in [-0.25, -0.2) is 4.98 Å². The van der Waals surface area contributed by atoms with Crippen LogP contribution in [0.15, 0.2) is 42.6 Å². The molecule has 4 heteroatoms. The highest BCUT2D eigenvalue weighted by Gasteiger charge is 2.01. The van der Waals surface area contributed by atoms with Crippen molar-refractivity contribution in [3.63, 3.8) is 0 Å². The number of nitrogens with two attached hydrogens (primary N) is 1. The quantitative estimate of drug-likeness (QED) is 0.821. The zero-order chi connectivity index (χ0) is 13.7. The van der Waals surface area contributed by atoms with Crippen LogP contribution in [0.3, 0.4) is 0 Å². The molecule has 0 fully saturated rings. The molecule has 0 aliphatic carbocycles. The molecule has 3 nitrogen and oxygen atoms in total. The zero-order valence-corrected chi connectivity index (χ0v) is 11.7. The van der Waals surface area contributed by atoms with E-state index in [-0.39, 0.29) is 0 Å². The van der Waals surface area contributed by atoms with Gasteiger partial charge in [0.1, 0.15) is 10.8 Å². The fraction of sp³-hybridized carbons (Fsp3) is 0.200. The Bertz CT molecular complexity index is 564. The molecule has 3 N–H and O–H groups in total. The Morgan fingerprint density at radius 3 is 2.53 bits per heavy atom. The lowest BCUT2D eigenvalue weighted by molar-refractivity contribution is 1.03. The van der Waals surface area contributed by atoms with E-state index >= 15 is 0 Å². The first-order valence-electron chi connectivity index (χ1n) is 6.27. The summed E-state index contributed by atoms with van der Waals surface area (Å²) in [6.45, 7) is 2.93. The van der Waals surface area contributed by atoms with Crippen molar-refractivity contribution in [2.24, 2.45) is 5.73 Å². The van der Waals surface area contributed by atoms with Crippen molar-refractivity contribution in [1.82, 2.24) is 4.98 Å². The number of pyridine rings is 1. The number of anilines is 1. The number of hydrogen-bond acceptors (Lipinski definition) is 3. The molecule has 0 saturated heterocycles. The Labute approximate surface area is 118 Å². The van der Waals surface area contributed by atoms with Crippen molar-refractivity contribution in [3.05, 3.63) is 59.3 Å². The molecule has 0 amide bonds. The van der Waals surface area contributed by atoms with Crippen LogP contribution in [0.4, 0.5) is 5.82 Å². The maximum atomic E-state index is 5.54. The molecule has 1 aromatic carbocycles. The van der Waals surface area contributed by atoms with Crippen molar-refractivity contribution in [3.8, 4) is 0 Å². The normalized spacial score (nSPS) is 10.2. The van der Waals surface area contributed by atoms with Gasteiger partial charge < -0.3 is 11.1 Å². The third kappa shape index (κ3) is 3.51. The maximum absolute atomic E-state index is 5.54. The Morgan fingerprint density at radius 1 is 1.21 bits per heavy atom. The highest BCUT2D eigenvalue weighted by molar-refractivity contribution is 7.80. The summed E-state index contributed by atoms with van der Waals surface area (Å²) in [5.41, 5.74) is 8.98. The van der Waals surface area contributed by atoms with Gasteiger partial charge in [0.15, 0.2) is 0 Å². The number of aromatic nitrogens is 1. The van der Waals surface area contributed by atoms with E-state index in [1.807, 2.05) is 12.1 Å². The Balaban J connectivity index is 2.04. The first-order valence-corrected chi connectivity index (χ1v) is 6.68. The van der Waals surface area contributed by atoms with Gasteiger partial charge in [0.2, 0.25) is 0 Å². The van der Waals surface area contributed by atoms with Crippen LogP contribution in [-0.2, 0) is 13.0 Å². The second kappa shape index (κ2) is 6.29. The van der Waals surface area contributed by atoms with Crippen molar-refractivity contribution >= 4 is 23.0 Å². The van der Waals surface area contributed by atoms with E-state index in [1.165, 1.54) is 11.1 Å². The molecule has 0 unspecified atom stereocenters. The van der Waals surface area contributed by atoms with Gasteiger partial charge >= 0.3 is 0 Å². The smallest absolute Gasteiger partial charge is 0.126 e. The van der Waals surface area contributed by atoms with Crippen LogP contribution in [0.5, 0.6) is 0 Å². The summed E-state index contributed by atoms with van der Waals surface area (Å²) in [4.78, 5) is 4.66. The van der Waals surface area contributed by atoms with Crippen molar-refractivity contribution in [2.75, 3.05) is 5.32 Å². The molecular weight excluding hydrogens is 254 g/mol. The molecule has 0 saturated carbocycles. The number of nitrogens with one attached hydrogen (secondary N) is 1. The second-order valence-electron chi connectivity index (χ2n) is 4.27. The Kier molecular flexibility index (Phi) is 4.47. The first kappa shape index (κ1) is 13.5. The number of nitrogens with zero attached hydrogens (tertiary/aromatic N) is 1. The predicted molar refractivity (Wildman–Crippen MR) is 83.3 cm³/mol. The molecule has 2 rings (SSSR count). The van der Waals surface area contributed by atoms with Crippen LogP contribution in [0.1, 0.15) is 23.6 Å². The lowest BCUT2D eigenvalue weighted by Crippen LogP contribution is -2.10. The fourth-order valence-electron chi connectivity index (χ4n) is 1.90. The van der Waals surface area contributed by atoms with Gasteiger partial charge in [0.05, 0.1) is 0 Å². The minimum Gasteiger partial charge on any atom is -0.389 e. The van der Waals surface area contributed by atoms with Crippen LogP contribution >= 0.6 is 12.2 Å². The highest BCUT2D eigenvalue weighted by atomic mass is 32.1. The van der Waals surface area contributed by atoms with Crippen LogP contribution in [0, 0.1) is 0 Å². The fourth-order valence-corrected chi connectivity index (χ4v) is 2.03. The van der Waals surface area contributed by atoms with E-state index in [9.17, 15) is 0 Å². The molecule has 0 radical (unpaired) electrons. The molecule has 0 aliphatic heterocycles. The number of thiocarbonyl (C=S) groups is 1. The summed E-state index contributed by atoms with van der Waals surface area (Å²) in [6.07, 6.45) is 2.72. The van der Waals surface area contributed by atoms with E-state index in [1.54, 1.807) is 6.20 Å². The van der Waals surface area contributed by atoms with E-state index in [0.717, 1.165) is 24.3 Å². The van der Waals surface area contributed by atoms with Gasteiger partial charge in [0.25, 0.3) is 0 Å². The van der Waals surface area contributed by atoms with Crippen LogP contribution < -0.4 is 11.1 Å². The highest BCUT2D eigenvalue weighted by Crippen LogP contribution is 2.12. The largest absolute Gasteiger partial charge is 0.389 e. The molecule has 1 heterocycles. The average Bonchev–Trinajstić information content (AvgIpc) is 2.45. The van der Waals surface area contributed by atoms with E-state index < -0.39 is 0 Å². The summed E-state index contributed by atoms with van der Waals surface area (Å²) in [5, 5.41) is 3.31. The van der Waals surface area contributed by atoms with Crippen molar-refractivity contribution in [1.29, 1.82) is 0 Å². The second-order valence-corrected chi connectivity index (χ2v) is 4.71. The third-order valence-corrected chi connectivity index (χ3v) is 3.24. The Hall–Kier alpha value is -1.94. The maximum Gasteiger partial charge on any atom is 0.126 e. The summed E-state index contributed by atoms with van der Waals surface area (Å²) in [6, 6.07) is 12.2. The lowest BCUT2D eigenvalue weighted by Gasteiger charge is -2.10. The van der Waals surface area contributed by atoms with E-state index in [4.69, 9.17) is 18.0 Å². The topological polar surface area (TPSA) is 50.9 Å². The SMILES string of the molecule is CCc1ccccc1CNc1ccc(C(N)=S)cn1. The van der Waals surface area contributed by atoms with Crippen LogP contribution in [-0.4, -0.2) is 9.97 Å². The molecule has 19 heavy (non-hydrogen) atoms. The monoisotopic (exact) mass is 271 g/mol. The molecule has 98 valence electrons. The molecule has 2 aromatic rings. The third-order valence-electron chi connectivity index (χ3n) is 3.01. The van der Waals surface area contributed by atoms with Gasteiger partial charge in [-0.1, -0.05) is 43.4 Å². The van der Waals surface area contributed by atoms with Gasteiger partial charge in [-0.05, 0) is 29.7 Å². The number of rotatable bonds is 5. The Morgan fingerprint density at radius 2 is 1.95 bits per heavy atom. The number of aryl methyl sites for hydroxylation is 1. The van der Waals surface area contributed by atoms with E-state index in [0.29, 0.717) is 4.99 Å². The van der Waals surface area contributed by atoms with Gasteiger partial charge in [-0.2, -0.15) is 0 Å². The number of hydrogen-bond donors (Lipinski definition) is 2. The van der Waals surface area contributed by atoms with Crippen molar-refractivity contribution < 1.29 is 0 Å². The summed E-state index contributed by atoms with van der Waals surface area (Å²) in [5.74, 6) is 0.825. The standard InChI is InChI=1S/C15H17N3S/c1-2-11-5-3-4-6-12(11)9-17-14-8-7-13(10-18-14)15(16)19/h3-8,10H,2,9H2,1H3,(H2,16,19)(H,17,18). The molecule has 0 atom stereocenters.